The summed E-state index contributed by atoms with van der Waals surface area (Å²) in [6.07, 6.45) is 10.8. The number of carbonyl (C=O) groups excluding carboxylic acids is 1. The highest BCUT2D eigenvalue weighted by molar-refractivity contribution is 5.77. The van der Waals surface area contributed by atoms with Gasteiger partial charge in [-0.25, -0.2) is 0 Å². The predicted molar refractivity (Wildman–Crippen MR) is 98.8 cm³/mol. The summed E-state index contributed by atoms with van der Waals surface area (Å²) in [4.78, 5) is 15.0. The minimum atomic E-state index is 0.121. The first kappa shape index (κ1) is 18.4. The van der Waals surface area contributed by atoms with E-state index in [4.69, 9.17) is 0 Å². The molecule has 0 bridgehead atoms. The normalized spacial score (nSPS) is 27.7. The lowest BCUT2D eigenvalue weighted by Gasteiger charge is -2.39. The standard InChI is InChI=1S/C20H34N4O/c1-5-20(2,3)16-10-8-15(9-11-16)13-18(25)24-12-6-7-17(24)19-22-21-14-23(19)4/h14-17H,5-13H2,1-4H3. The van der Waals surface area contributed by atoms with Crippen LogP contribution in [0.3, 0.4) is 0 Å². The summed E-state index contributed by atoms with van der Waals surface area (Å²) in [6, 6.07) is 0.121. The first-order valence-electron chi connectivity index (χ1n) is 10.1. The Labute approximate surface area is 152 Å². The van der Waals surface area contributed by atoms with E-state index in [1.807, 2.05) is 11.6 Å². The molecular weight excluding hydrogens is 312 g/mol. The summed E-state index contributed by atoms with van der Waals surface area (Å²) < 4.78 is 1.95. The van der Waals surface area contributed by atoms with Crippen LogP contribution in [0.4, 0.5) is 0 Å². The average Bonchev–Trinajstić information content (AvgIpc) is 3.23. The molecule has 5 heteroatoms. The van der Waals surface area contributed by atoms with E-state index in [0.717, 1.165) is 31.1 Å². The Morgan fingerprint density at radius 3 is 2.56 bits per heavy atom. The molecule has 2 aliphatic rings. The molecular formula is C20H34N4O. The van der Waals surface area contributed by atoms with Gasteiger partial charge in [-0.15, -0.1) is 10.2 Å². The van der Waals surface area contributed by atoms with E-state index in [9.17, 15) is 4.79 Å². The third-order valence-corrected chi connectivity index (χ3v) is 6.94. The van der Waals surface area contributed by atoms with Crippen molar-refractivity contribution in [2.24, 2.45) is 24.3 Å². The lowest BCUT2D eigenvalue weighted by atomic mass is 9.67. The van der Waals surface area contributed by atoms with Gasteiger partial charge in [0.15, 0.2) is 5.82 Å². The van der Waals surface area contributed by atoms with Gasteiger partial charge < -0.3 is 9.47 Å². The second-order valence-electron chi connectivity index (χ2n) is 8.81. The number of aromatic nitrogens is 3. The van der Waals surface area contributed by atoms with Gasteiger partial charge in [0.1, 0.15) is 6.33 Å². The predicted octanol–water partition coefficient (Wildman–Crippen LogP) is 4.11. The van der Waals surface area contributed by atoms with E-state index in [2.05, 4.69) is 35.9 Å². The Morgan fingerprint density at radius 1 is 1.24 bits per heavy atom. The molecule has 0 spiro atoms. The van der Waals surface area contributed by atoms with Gasteiger partial charge in [-0.05, 0) is 55.8 Å². The number of hydrogen-bond acceptors (Lipinski definition) is 3. The van der Waals surface area contributed by atoms with Crippen LogP contribution >= 0.6 is 0 Å². The maximum absolute atomic E-state index is 12.9. The van der Waals surface area contributed by atoms with Gasteiger partial charge in [-0.3, -0.25) is 4.79 Å². The minimum Gasteiger partial charge on any atom is -0.332 e. The summed E-state index contributed by atoms with van der Waals surface area (Å²) in [5.41, 5.74) is 0.445. The smallest absolute Gasteiger partial charge is 0.223 e. The van der Waals surface area contributed by atoms with Gasteiger partial charge in [0, 0.05) is 20.0 Å². The SMILES string of the molecule is CCC(C)(C)C1CCC(CC(=O)N2CCCC2c2nncn2C)CC1. The molecule has 0 N–H and O–H groups in total. The maximum Gasteiger partial charge on any atom is 0.223 e. The van der Waals surface area contributed by atoms with Crippen molar-refractivity contribution in [3.05, 3.63) is 12.2 Å². The van der Waals surface area contributed by atoms with Crippen molar-refractivity contribution in [3.63, 3.8) is 0 Å². The van der Waals surface area contributed by atoms with Crippen LogP contribution in [0, 0.1) is 17.3 Å². The van der Waals surface area contributed by atoms with Gasteiger partial charge in [0.05, 0.1) is 6.04 Å². The summed E-state index contributed by atoms with van der Waals surface area (Å²) in [5.74, 6) is 2.64. The molecule has 1 aromatic rings. The number of aryl methyl sites for hydroxylation is 1. The molecule has 2 fully saturated rings. The molecule has 1 unspecified atom stereocenters. The molecule has 3 rings (SSSR count). The zero-order chi connectivity index (χ0) is 18.0. The highest BCUT2D eigenvalue weighted by Gasteiger charge is 2.36. The van der Waals surface area contributed by atoms with E-state index in [0.29, 0.717) is 23.7 Å². The van der Waals surface area contributed by atoms with E-state index < -0.39 is 0 Å². The van der Waals surface area contributed by atoms with Crippen LogP contribution in [-0.2, 0) is 11.8 Å². The lowest BCUT2D eigenvalue weighted by Crippen LogP contribution is -2.34. The third-order valence-electron chi connectivity index (χ3n) is 6.94. The number of hydrogen-bond donors (Lipinski definition) is 0. The molecule has 1 saturated carbocycles. The van der Waals surface area contributed by atoms with Crippen molar-refractivity contribution < 1.29 is 4.79 Å². The molecule has 1 amide bonds. The molecule has 25 heavy (non-hydrogen) atoms. The van der Waals surface area contributed by atoms with Crippen molar-refractivity contribution in [3.8, 4) is 0 Å². The number of nitrogens with zero attached hydrogens (tertiary/aromatic N) is 4. The van der Waals surface area contributed by atoms with Crippen LogP contribution in [-0.4, -0.2) is 32.1 Å². The largest absolute Gasteiger partial charge is 0.332 e. The van der Waals surface area contributed by atoms with Gasteiger partial charge in [0.2, 0.25) is 5.91 Å². The molecule has 2 heterocycles. The van der Waals surface area contributed by atoms with Crippen molar-refractivity contribution in [1.82, 2.24) is 19.7 Å². The first-order valence-corrected chi connectivity index (χ1v) is 10.1. The number of amides is 1. The Bertz CT molecular complexity index is 586. The molecule has 1 atom stereocenters. The van der Waals surface area contributed by atoms with E-state index in [1.165, 1.54) is 32.1 Å². The van der Waals surface area contributed by atoms with Crippen molar-refractivity contribution in [2.45, 2.75) is 78.2 Å². The van der Waals surface area contributed by atoms with Crippen molar-refractivity contribution in [2.75, 3.05) is 6.54 Å². The minimum absolute atomic E-state index is 0.121. The Balaban J connectivity index is 1.55. The number of likely N-dealkylation sites (tertiary alicyclic amines) is 1. The van der Waals surface area contributed by atoms with Crippen molar-refractivity contribution in [1.29, 1.82) is 0 Å². The van der Waals surface area contributed by atoms with Crippen LogP contribution in [0.15, 0.2) is 6.33 Å². The summed E-state index contributed by atoms with van der Waals surface area (Å²) >= 11 is 0. The number of rotatable bonds is 5. The Morgan fingerprint density at radius 2 is 1.96 bits per heavy atom. The fourth-order valence-electron chi connectivity index (χ4n) is 4.73. The van der Waals surface area contributed by atoms with Crippen LogP contribution in [0.1, 0.15) is 84.0 Å². The molecule has 1 aliphatic carbocycles. The second kappa shape index (κ2) is 7.46. The first-order chi connectivity index (χ1) is 11.9. The summed E-state index contributed by atoms with van der Waals surface area (Å²) in [6.45, 7) is 7.97. The molecule has 0 radical (unpaired) electrons. The molecule has 1 saturated heterocycles. The zero-order valence-electron chi connectivity index (χ0n) is 16.4. The van der Waals surface area contributed by atoms with Gasteiger partial charge in [-0.2, -0.15) is 0 Å². The molecule has 0 aromatic carbocycles. The van der Waals surface area contributed by atoms with E-state index >= 15 is 0 Å². The second-order valence-corrected chi connectivity index (χ2v) is 8.81. The molecule has 140 valence electrons. The fourth-order valence-corrected chi connectivity index (χ4v) is 4.73. The molecule has 5 nitrogen and oxygen atoms in total. The lowest BCUT2D eigenvalue weighted by molar-refractivity contribution is -0.133. The highest BCUT2D eigenvalue weighted by Crippen LogP contribution is 2.43. The Hall–Kier alpha value is -1.39. The molecule has 1 aliphatic heterocycles. The fraction of sp³-hybridized carbons (Fsp3) is 0.850. The topological polar surface area (TPSA) is 51.0 Å². The van der Waals surface area contributed by atoms with E-state index in [1.54, 1.807) is 6.33 Å². The van der Waals surface area contributed by atoms with Crippen LogP contribution < -0.4 is 0 Å². The van der Waals surface area contributed by atoms with Crippen molar-refractivity contribution >= 4 is 5.91 Å². The van der Waals surface area contributed by atoms with E-state index in [-0.39, 0.29) is 6.04 Å². The monoisotopic (exact) mass is 346 g/mol. The van der Waals surface area contributed by atoms with Crippen LogP contribution in [0.2, 0.25) is 0 Å². The van der Waals surface area contributed by atoms with Gasteiger partial charge >= 0.3 is 0 Å². The zero-order valence-corrected chi connectivity index (χ0v) is 16.4. The summed E-state index contributed by atoms with van der Waals surface area (Å²) in [7, 11) is 1.97. The summed E-state index contributed by atoms with van der Waals surface area (Å²) in [5, 5.41) is 8.23. The Kier molecular flexibility index (Phi) is 5.49. The number of carbonyl (C=O) groups is 1. The van der Waals surface area contributed by atoms with Gasteiger partial charge in [-0.1, -0.05) is 27.2 Å². The highest BCUT2D eigenvalue weighted by atomic mass is 16.2. The average molecular weight is 347 g/mol. The van der Waals surface area contributed by atoms with Gasteiger partial charge in [0.25, 0.3) is 0 Å². The van der Waals surface area contributed by atoms with Crippen LogP contribution in [0.5, 0.6) is 0 Å². The van der Waals surface area contributed by atoms with Crippen LogP contribution in [0.25, 0.3) is 0 Å². The quantitative estimate of drug-likeness (QED) is 0.806. The maximum atomic E-state index is 12.9. The third kappa shape index (κ3) is 3.90. The molecule has 1 aromatic heterocycles.